The highest BCUT2D eigenvalue weighted by Gasteiger charge is 2.10. The third-order valence-corrected chi connectivity index (χ3v) is 5.15. The Hall–Kier alpha value is -0.0600. The van der Waals surface area contributed by atoms with Crippen LogP contribution in [0.15, 0.2) is 0 Å². The van der Waals surface area contributed by atoms with Crippen molar-refractivity contribution in [1.82, 2.24) is 0 Å². The van der Waals surface area contributed by atoms with Crippen molar-refractivity contribution < 1.29 is 14.3 Å². The lowest BCUT2D eigenvalue weighted by Gasteiger charge is -2.18. The number of rotatable bonds is 19. The molecule has 0 aliphatic heterocycles. The summed E-state index contributed by atoms with van der Waals surface area (Å²) in [6, 6.07) is 0. The molecule has 0 amide bonds. The maximum atomic E-state index is 11.4. The van der Waals surface area contributed by atoms with E-state index in [9.17, 15) is 4.79 Å². The molecule has 0 aromatic carbocycles. The summed E-state index contributed by atoms with van der Waals surface area (Å²) in [6.45, 7) is 6.65. The lowest BCUT2D eigenvalue weighted by molar-refractivity contribution is -0.111. The number of thioether (sulfide) groups is 1. The Morgan fingerprint density at radius 1 is 0.800 bits per heavy atom. The molecule has 0 bridgehead atoms. The lowest BCUT2D eigenvalue weighted by Crippen LogP contribution is -2.17. The van der Waals surface area contributed by atoms with Gasteiger partial charge >= 0.3 is 0 Å². The van der Waals surface area contributed by atoms with Crippen LogP contribution in [0.25, 0.3) is 0 Å². The van der Waals surface area contributed by atoms with E-state index in [0.717, 1.165) is 32.3 Å². The van der Waals surface area contributed by atoms with Gasteiger partial charge in [0.05, 0.1) is 19.3 Å². The van der Waals surface area contributed by atoms with E-state index in [1.807, 2.05) is 6.26 Å². The zero-order chi connectivity index (χ0) is 18.6. The molecule has 4 heteroatoms. The van der Waals surface area contributed by atoms with Gasteiger partial charge in [-0.1, -0.05) is 77.0 Å². The predicted octanol–water partition coefficient (Wildman–Crippen LogP) is 6.39. The summed E-state index contributed by atoms with van der Waals surface area (Å²) in [6.07, 6.45) is 17.5. The topological polar surface area (TPSA) is 35.5 Å². The second-order valence-electron chi connectivity index (χ2n) is 6.84. The molecular weight excluding hydrogens is 332 g/mol. The number of carbonyl (C=O) groups is 1. The minimum atomic E-state index is 0.289. The zero-order valence-electron chi connectivity index (χ0n) is 17.0. The van der Waals surface area contributed by atoms with E-state index in [4.69, 9.17) is 9.47 Å². The van der Waals surface area contributed by atoms with Crippen molar-refractivity contribution in [2.75, 3.05) is 26.1 Å². The van der Waals surface area contributed by atoms with Crippen LogP contribution in [-0.4, -0.2) is 37.3 Å². The third kappa shape index (κ3) is 18.5. The average molecular weight is 375 g/mol. The summed E-state index contributed by atoms with van der Waals surface area (Å²) in [4.78, 5) is 11.4. The molecule has 0 spiro atoms. The molecule has 0 saturated carbocycles. The summed E-state index contributed by atoms with van der Waals surface area (Å²) in [7, 11) is 0. The van der Waals surface area contributed by atoms with Crippen molar-refractivity contribution in [3.8, 4) is 0 Å². The maximum absolute atomic E-state index is 11.4. The molecule has 0 aliphatic carbocycles. The minimum Gasteiger partial charge on any atom is -0.379 e. The van der Waals surface area contributed by atoms with Crippen LogP contribution < -0.4 is 0 Å². The molecule has 0 rings (SSSR count). The summed E-state index contributed by atoms with van der Waals surface area (Å²) < 4.78 is 11.6. The van der Waals surface area contributed by atoms with Crippen molar-refractivity contribution >= 4 is 16.9 Å². The Morgan fingerprint density at radius 3 is 2.12 bits per heavy atom. The van der Waals surface area contributed by atoms with Crippen LogP contribution in [0.1, 0.15) is 97.3 Å². The summed E-state index contributed by atoms with van der Waals surface area (Å²) in [5.41, 5.74) is 0. The second-order valence-corrected chi connectivity index (χ2v) is 7.70. The van der Waals surface area contributed by atoms with E-state index in [1.54, 1.807) is 0 Å². The van der Waals surface area contributed by atoms with Crippen LogP contribution in [0.5, 0.6) is 0 Å². The summed E-state index contributed by atoms with van der Waals surface area (Å²) in [5, 5.41) is 0.289. The molecule has 0 radical (unpaired) electrons. The first kappa shape index (κ1) is 24.9. The SMILES string of the molecule is CCCCCCCCCC(CCCC(=O)SC)OCCOCCCC. The minimum absolute atomic E-state index is 0.289. The van der Waals surface area contributed by atoms with Crippen molar-refractivity contribution in [1.29, 1.82) is 0 Å². The maximum Gasteiger partial charge on any atom is 0.188 e. The van der Waals surface area contributed by atoms with Gasteiger partial charge in [0.1, 0.15) is 0 Å². The van der Waals surface area contributed by atoms with E-state index in [2.05, 4.69) is 13.8 Å². The Kier molecular flexibility index (Phi) is 20.2. The lowest BCUT2D eigenvalue weighted by atomic mass is 10.0. The molecule has 0 aliphatic rings. The zero-order valence-corrected chi connectivity index (χ0v) is 17.8. The van der Waals surface area contributed by atoms with Gasteiger partial charge in [0, 0.05) is 13.0 Å². The summed E-state index contributed by atoms with van der Waals surface area (Å²) in [5.74, 6) is 0. The van der Waals surface area contributed by atoms with Crippen molar-refractivity contribution in [2.24, 2.45) is 0 Å². The number of carbonyl (C=O) groups excluding carboxylic acids is 1. The van der Waals surface area contributed by atoms with E-state index < -0.39 is 0 Å². The van der Waals surface area contributed by atoms with E-state index >= 15 is 0 Å². The summed E-state index contributed by atoms with van der Waals surface area (Å²) >= 11 is 1.34. The fraction of sp³-hybridized carbons (Fsp3) is 0.952. The molecule has 0 N–H and O–H groups in total. The highest BCUT2D eigenvalue weighted by atomic mass is 32.2. The Labute approximate surface area is 161 Å². The van der Waals surface area contributed by atoms with Gasteiger partial charge in [0.2, 0.25) is 0 Å². The quantitative estimate of drug-likeness (QED) is 0.245. The number of unbranched alkanes of at least 4 members (excludes halogenated alkanes) is 7. The number of ether oxygens (including phenoxy) is 2. The Morgan fingerprint density at radius 2 is 1.44 bits per heavy atom. The fourth-order valence-electron chi connectivity index (χ4n) is 2.84. The van der Waals surface area contributed by atoms with E-state index in [-0.39, 0.29) is 5.12 Å². The standard InChI is InChI=1S/C21H42O3S/c1-4-6-8-9-10-11-12-14-20(15-13-16-21(22)25-3)24-19-18-23-17-7-5-2/h20H,4-19H2,1-3H3. The second kappa shape index (κ2) is 20.3. The Bertz CT molecular complexity index is 284. The molecule has 3 nitrogen and oxygen atoms in total. The van der Waals surface area contributed by atoms with Crippen molar-refractivity contribution in [2.45, 2.75) is 103 Å². The van der Waals surface area contributed by atoms with Gasteiger partial charge < -0.3 is 9.47 Å². The largest absolute Gasteiger partial charge is 0.379 e. The third-order valence-electron chi connectivity index (χ3n) is 4.49. The van der Waals surface area contributed by atoms with Crippen molar-refractivity contribution in [3.05, 3.63) is 0 Å². The Balaban J connectivity index is 3.84. The van der Waals surface area contributed by atoms with Gasteiger partial charge in [-0.25, -0.2) is 0 Å². The average Bonchev–Trinajstić information content (AvgIpc) is 2.62. The van der Waals surface area contributed by atoms with Gasteiger partial charge in [-0.3, -0.25) is 4.79 Å². The molecule has 25 heavy (non-hydrogen) atoms. The predicted molar refractivity (Wildman–Crippen MR) is 110 cm³/mol. The van der Waals surface area contributed by atoms with Crippen LogP contribution in [0, 0.1) is 0 Å². The first-order valence-corrected chi connectivity index (χ1v) is 11.7. The molecule has 1 unspecified atom stereocenters. The van der Waals surface area contributed by atoms with Gasteiger partial charge in [-0.05, 0) is 31.9 Å². The molecule has 0 aromatic rings. The number of hydrogen-bond acceptors (Lipinski definition) is 4. The van der Waals surface area contributed by atoms with Crippen LogP contribution in [-0.2, 0) is 14.3 Å². The normalized spacial score (nSPS) is 12.4. The molecule has 150 valence electrons. The number of hydrogen-bond donors (Lipinski definition) is 0. The van der Waals surface area contributed by atoms with Crippen LogP contribution in [0.2, 0.25) is 0 Å². The molecular formula is C21H42O3S. The van der Waals surface area contributed by atoms with Crippen LogP contribution in [0.3, 0.4) is 0 Å². The van der Waals surface area contributed by atoms with E-state index in [0.29, 0.717) is 25.7 Å². The molecule has 0 aromatic heterocycles. The van der Waals surface area contributed by atoms with Gasteiger partial charge in [-0.15, -0.1) is 0 Å². The highest BCUT2D eigenvalue weighted by molar-refractivity contribution is 8.13. The van der Waals surface area contributed by atoms with Crippen LogP contribution >= 0.6 is 11.8 Å². The fourth-order valence-corrected chi connectivity index (χ4v) is 3.19. The molecule has 0 heterocycles. The first-order chi connectivity index (χ1) is 12.2. The first-order valence-electron chi connectivity index (χ1n) is 10.5. The van der Waals surface area contributed by atoms with E-state index in [1.165, 1.54) is 63.1 Å². The van der Waals surface area contributed by atoms with Crippen LogP contribution in [0.4, 0.5) is 0 Å². The van der Waals surface area contributed by atoms with Gasteiger partial charge in [0.25, 0.3) is 0 Å². The van der Waals surface area contributed by atoms with Gasteiger partial charge in [-0.2, -0.15) is 0 Å². The smallest absolute Gasteiger partial charge is 0.188 e. The molecule has 0 fully saturated rings. The highest BCUT2D eigenvalue weighted by Crippen LogP contribution is 2.16. The van der Waals surface area contributed by atoms with Gasteiger partial charge in [0.15, 0.2) is 5.12 Å². The molecule has 0 saturated heterocycles. The monoisotopic (exact) mass is 374 g/mol. The van der Waals surface area contributed by atoms with Crippen molar-refractivity contribution in [3.63, 3.8) is 0 Å². The molecule has 1 atom stereocenters.